The minimum Gasteiger partial charge on any atom is -0.395 e. The van der Waals surface area contributed by atoms with E-state index in [2.05, 4.69) is 80.8 Å². The number of rotatable bonds is 5. The average molecular weight is 399 g/mol. The zero-order valence-electron chi connectivity index (χ0n) is 17.0. The summed E-state index contributed by atoms with van der Waals surface area (Å²) in [5.74, 6) is 0. The molecule has 2 N–H and O–H groups in total. The largest absolute Gasteiger partial charge is 0.395 e. The summed E-state index contributed by atoms with van der Waals surface area (Å²) in [6.07, 6.45) is 1.86. The standard InChI is InChI=1S/C25H26N4O/c30-16-15-28-11-13-29(14-12-28)22-7-5-21(6-8-22)27-24-9-10-26-25-18-20-4-2-1-3-19(20)17-23(24)25/h1-10,17-18,30H,11-16H2,(H,26,27). The second kappa shape index (κ2) is 8.30. The molecule has 5 nitrogen and oxygen atoms in total. The zero-order valence-corrected chi connectivity index (χ0v) is 17.0. The highest BCUT2D eigenvalue weighted by Gasteiger charge is 2.16. The lowest BCUT2D eigenvalue weighted by molar-refractivity contribution is 0.189. The second-order valence-electron chi connectivity index (χ2n) is 7.80. The van der Waals surface area contributed by atoms with Crippen LogP contribution in [0.5, 0.6) is 0 Å². The van der Waals surface area contributed by atoms with Gasteiger partial charge in [0.1, 0.15) is 0 Å². The maximum Gasteiger partial charge on any atom is 0.0729 e. The fraction of sp³-hybridized carbons (Fsp3) is 0.240. The van der Waals surface area contributed by atoms with E-state index in [1.807, 2.05) is 12.3 Å². The van der Waals surface area contributed by atoms with Crippen LogP contribution in [0.3, 0.4) is 0 Å². The summed E-state index contributed by atoms with van der Waals surface area (Å²) in [6.45, 7) is 4.99. The van der Waals surface area contributed by atoms with Crippen molar-refractivity contribution in [2.45, 2.75) is 0 Å². The Hall–Kier alpha value is -3.15. The third-order valence-electron chi connectivity index (χ3n) is 5.91. The van der Waals surface area contributed by atoms with Crippen LogP contribution in [0.2, 0.25) is 0 Å². The van der Waals surface area contributed by atoms with Gasteiger partial charge in [-0.2, -0.15) is 0 Å². The van der Waals surface area contributed by atoms with Crippen molar-refractivity contribution in [2.75, 3.05) is 49.5 Å². The summed E-state index contributed by atoms with van der Waals surface area (Å²) in [4.78, 5) is 9.28. The van der Waals surface area contributed by atoms with E-state index in [0.717, 1.165) is 55.0 Å². The molecule has 4 aromatic rings. The highest BCUT2D eigenvalue weighted by atomic mass is 16.3. The summed E-state index contributed by atoms with van der Waals surface area (Å²) >= 11 is 0. The van der Waals surface area contributed by atoms with Crippen LogP contribution in [0.1, 0.15) is 0 Å². The fourth-order valence-corrected chi connectivity index (χ4v) is 4.22. The molecular weight excluding hydrogens is 372 g/mol. The molecule has 5 rings (SSSR count). The molecule has 30 heavy (non-hydrogen) atoms. The van der Waals surface area contributed by atoms with Crippen LogP contribution < -0.4 is 10.2 Å². The highest BCUT2D eigenvalue weighted by Crippen LogP contribution is 2.30. The first-order valence-corrected chi connectivity index (χ1v) is 10.5. The Labute approximate surface area is 176 Å². The number of β-amino-alcohol motifs (C(OH)–C–C–N with tert-alkyl or cyclic N) is 1. The van der Waals surface area contributed by atoms with Crippen molar-refractivity contribution in [1.82, 2.24) is 9.88 Å². The van der Waals surface area contributed by atoms with Gasteiger partial charge in [-0.15, -0.1) is 0 Å². The van der Waals surface area contributed by atoms with Crippen molar-refractivity contribution in [3.63, 3.8) is 0 Å². The monoisotopic (exact) mass is 398 g/mol. The normalized spacial score (nSPS) is 15.0. The first-order chi connectivity index (χ1) is 14.8. The number of piperazine rings is 1. The Morgan fingerprint density at radius 2 is 1.60 bits per heavy atom. The topological polar surface area (TPSA) is 51.6 Å². The maximum atomic E-state index is 9.11. The Balaban J connectivity index is 1.35. The molecule has 1 aliphatic heterocycles. The molecule has 2 heterocycles. The van der Waals surface area contributed by atoms with E-state index in [-0.39, 0.29) is 6.61 Å². The van der Waals surface area contributed by atoms with Gasteiger partial charge in [0.05, 0.1) is 12.1 Å². The molecule has 0 amide bonds. The molecule has 0 spiro atoms. The molecule has 0 unspecified atom stereocenters. The van der Waals surface area contributed by atoms with Crippen LogP contribution in [-0.4, -0.2) is 54.3 Å². The molecule has 3 aromatic carbocycles. The van der Waals surface area contributed by atoms with Crippen molar-refractivity contribution >= 4 is 38.7 Å². The summed E-state index contributed by atoms with van der Waals surface area (Å²) in [6, 6.07) is 23.4. The van der Waals surface area contributed by atoms with E-state index in [1.54, 1.807) is 0 Å². The molecule has 1 saturated heterocycles. The number of aliphatic hydroxyl groups is 1. The van der Waals surface area contributed by atoms with Gasteiger partial charge in [0.25, 0.3) is 0 Å². The molecule has 0 saturated carbocycles. The molecule has 152 valence electrons. The van der Waals surface area contributed by atoms with Gasteiger partial charge in [-0.25, -0.2) is 0 Å². The quantitative estimate of drug-likeness (QED) is 0.493. The van der Waals surface area contributed by atoms with E-state index in [4.69, 9.17) is 5.11 Å². The Morgan fingerprint density at radius 1 is 0.867 bits per heavy atom. The maximum absolute atomic E-state index is 9.11. The molecule has 1 fully saturated rings. The number of anilines is 3. The lowest BCUT2D eigenvalue weighted by Crippen LogP contribution is -2.47. The smallest absolute Gasteiger partial charge is 0.0729 e. The van der Waals surface area contributed by atoms with E-state index >= 15 is 0 Å². The molecule has 0 aliphatic carbocycles. The minimum absolute atomic E-state index is 0.236. The van der Waals surface area contributed by atoms with E-state index in [1.165, 1.54) is 16.5 Å². The van der Waals surface area contributed by atoms with Gasteiger partial charge >= 0.3 is 0 Å². The van der Waals surface area contributed by atoms with Gasteiger partial charge in [-0.05, 0) is 53.2 Å². The number of benzene rings is 3. The van der Waals surface area contributed by atoms with E-state index < -0.39 is 0 Å². The van der Waals surface area contributed by atoms with Crippen molar-refractivity contribution in [3.8, 4) is 0 Å². The number of pyridine rings is 1. The van der Waals surface area contributed by atoms with Gasteiger partial charge in [0.2, 0.25) is 0 Å². The van der Waals surface area contributed by atoms with Gasteiger partial charge in [0, 0.05) is 61.4 Å². The lowest BCUT2D eigenvalue weighted by atomic mass is 10.1. The average Bonchev–Trinajstić information content (AvgIpc) is 2.79. The predicted molar refractivity (Wildman–Crippen MR) is 125 cm³/mol. The number of hydrogen-bond acceptors (Lipinski definition) is 5. The van der Waals surface area contributed by atoms with Crippen molar-refractivity contribution in [1.29, 1.82) is 0 Å². The van der Waals surface area contributed by atoms with Gasteiger partial charge in [-0.1, -0.05) is 24.3 Å². The van der Waals surface area contributed by atoms with Crippen LogP contribution in [0.4, 0.5) is 17.1 Å². The van der Waals surface area contributed by atoms with Crippen molar-refractivity contribution in [2.24, 2.45) is 0 Å². The highest BCUT2D eigenvalue weighted by molar-refractivity contribution is 6.02. The van der Waals surface area contributed by atoms with Gasteiger partial charge in [-0.3, -0.25) is 9.88 Å². The number of hydrogen-bond donors (Lipinski definition) is 2. The van der Waals surface area contributed by atoms with Crippen LogP contribution in [0.25, 0.3) is 21.7 Å². The molecule has 1 aliphatic rings. The number of nitrogens with zero attached hydrogens (tertiary/aromatic N) is 3. The van der Waals surface area contributed by atoms with Gasteiger partial charge < -0.3 is 15.3 Å². The minimum atomic E-state index is 0.236. The molecule has 0 bridgehead atoms. The Kier molecular flexibility index (Phi) is 5.22. The zero-order chi connectivity index (χ0) is 20.3. The number of fused-ring (bicyclic) bond motifs is 2. The second-order valence-corrected chi connectivity index (χ2v) is 7.80. The van der Waals surface area contributed by atoms with Crippen LogP contribution in [0, 0.1) is 0 Å². The first-order valence-electron chi connectivity index (χ1n) is 10.5. The number of nitrogens with one attached hydrogen (secondary N) is 1. The molecule has 0 radical (unpaired) electrons. The van der Waals surface area contributed by atoms with Crippen LogP contribution >= 0.6 is 0 Å². The predicted octanol–water partition coefficient (Wildman–Crippen LogP) is 4.25. The van der Waals surface area contributed by atoms with Crippen molar-refractivity contribution in [3.05, 3.63) is 72.9 Å². The fourth-order valence-electron chi connectivity index (χ4n) is 4.22. The lowest BCUT2D eigenvalue weighted by Gasteiger charge is -2.35. The summed E-state index contributed by atoms with van der Waals surface area (Å²) in [7, 11) is 0. The molecule has 1 aromatic heterocycles. The molecule has 0 atom stereocenters. The SMILES string of the molecule is OCCN1CCN(c2ccc(Nc3ccnc4cc5ccccc5cc34)cc2)CC1. The Morgan fingerprint density at radius 3 is 2.33 bits per heavy atom. The number of aliphatic hydroxyl groups excluding tert-OH is 1. The number of aromatic nitrogens is 1. The van der Waals surface area contributed by atoms with E-state index in [9.17, 15) is 0 Å². The first kappa shape index (κ1) is 18.9. The summed E-state index contributed by atoms with van der Waals surface area (Å²) in [5.41, 5.74) is 4.38. The third-order valence-corrected chi connectivity index (χ3v) is 5.91. The van der Waals surface area contributed by atoms with Crippen molar-refractivity contribution < 1.29 is 5.11 Å². The molecular formula is C25H26N4O. The molecule has 5 heteroatoms. The third kappa shape index (κ3) is 3.82. The van der Waals surface area contributed by atoms with Gasteiger partial charge in [0.15, 0.2) is 0 Å². The van der Waals surface area contributed by atoms with Crippen LogP contribution in [-0.2, 0) is 0 Å². The van der Waals surface area contributed by atoms with Crippen LogP contribution in [0.15, 0.2) is 72.9 Å². The summed E-state index contributed by atoms with van der Waals surface area (Å²) < 4.78 is 0. The summed E-state index contributed by atoms with van der Waals surface area (Å²) in [5, 5.41) is 16.2. The Bertz CT molecular complexity index is 1150. The van der Waals surface area contributed by atoms with E-state index in [0.29, 0.717) is 0 Å².